The summed E-state index contributed by atoms with van der Waals surface area (Å²) in [6.07, 6.45) is 16.8. The summed E-state index contributed by atoms with van der Waals surface area (Å²) in [6, 6.07) is 0. The van der Waals surface area contributed by atoms with Crippen molar-refractivity contribution in [2.24, 2.45) is 65.1 Å². The minimum atomic E-state index is -4.51. The van der Waals surface area contributed by atoms with Crippen molar-refractivity contribution < 1.29 is 105 Å². The third kappa shape index (κ3) is 19.4. The van der Waals surface area contributed by atoms with Crippen molar-refractivity contribution in [3.8, 4) is 0 Å². The molecule has 2 aliphatic heterocycles. The van der Waals surface area contributed by atoms with Crippen LogP contribution in [0.1, 0.15) is 236 Å². The number of esters is 8. The zero-order chi connectivity index (χ0) is 74.9. The van der Waals surface area contributed by atoms with E-state index in [2.05, 4.69) is 65.0 Å². The molecule has 564 valence electrons. The topological polar surface area (TPSA) is 271 Å². The second-order valence-electron chi connectivity index (χ2n) is 33.7. The van der Waals surface area contributed by atoms with Crippen LogP contribution in [0.4, 0.5) is 13.2 Å². The molecule has 16 bridgehead atoms. The van der Waals surface area contributed by atoms with E-state index in [9.17, 15) is 66.8 Å². The molecule has 19 nitrogen and oxygen atoms in total. The fraction of sp³-hybridized carbons (Fsp3) is 0.747. The molecule has 10 atom stereocenters. The lowest BCUT2D eigenvalue weighted by atomic mass is 9.47. The van der Waals surface area contributed by atoms with Gasteiger partial charge < -0.3 is 53.2 Å². The first kappa shape index (κ1) is 80.6. The van der Waals surface area contributed by atoms with Gasteiger partial charge in [-0.05, 0) is 243 Å². The zero-order valence-electron chi connectivity index (χ0n) is 61.4. The van der Waals surface area contributed by atoms with E-state index in [-0.39, 0.29) is 70.1 Å². The van der Waals surface area contributed by atoms with Crippen molar-refractivity contribution in [2.75, 3.05) is 6.61 Å². The molecule has 0 spiro atoms. The van der Waals surface area contributed by atoms with Gasteiger partial charge in [0, 0.05) is 65.0 Å². The molecule has 15 saturated carbocycles. The van der Waals surface area contributed by atoms with Gasteiger partial charge in [0.25, 0.3) is 0 Å². The number of fused-ring (bicyclic) bond motifs is 1. The van der Waals surface area contributed by atoms with Crippen molar-refractivity contribution >= 4 is 47.8 Å². The van der Waals surface area contributed by atoms with Crippen LogP contribution >= 0.6 is 0 Å². The van der Waals surface area contributed by atoms with Gasteiger partial charge in [-0.15, -0.1) is 0 Å². The maximum atomic E-state index is 12.1. The highest BCUT2D eigenvalue weighted by atomic mass is 19.4. The summed E-state index contributed by atoms with van der Waals surface area (Å²) in [4.78, 5) is 92.6. The van der Waals surface area contributed by atoms with Gasteiger partial charge in [0.05, 0.1) is 22.7 Å². The minimum absolute atomic E-state index is 0.0499. The van der Waals surface area contributed by atoms with Crippen molar-refractivity contribution in [1.29, 1.82) is 0 Å². The average Bonchev–Trinajstić information content (AvgIpc) is 1.35. The van der Waals surface area contributed by atoms with E-state index >= 15 is 0 Å². The number of aliphatic hydroxyl groups is 3. The Kier molecular flexibility index (Phi) is 25.0. The highest BCUT2D eigenvalue weighted by molar-refractivity contribution is 5.90. The highest BCUT2D eigenvalue weighted by Crippen LogP contribution is 2.64. The first-order chi connectivity index (χ1) is 46.8. The highest BCUT2D eigenvalue weighted by Gasteiger charge is 2.66. The number of alkyl halides is 3. The molecule has 0 amide bonds. The van der Waals surface area contributed by atoms with Gasteiger partial charge in [-0.1, -0.05) is 60.2 Å². The molecule has 3 N–H and O–H groups in total. The molecule has 2 saturated heterocycles. The van der Waals surface area contributed by atoms with E-state index in [0.717, 1.165) is 109 Å². The summed E-state index contributed by atoms with van der Waals surface area (Å²) < 4.78 is 77.9. The third-order valence-corrected chi connectivity index (χ3v) is 23.9. The Hall–Kier alpha value is -6.13. The standard InChI is InChI=1S/C17H26O2.C16H20O6.C14H20O4.C14H20O3.C11H18O2.C7H9F3O2/c1-10(2)16(18)19-17(11(3)4)14-6-12-5-13(8-14)9-15(17)7-12;1-8(2)15(18)20-7-13(17)22-14-10-3-9-4-11(6-10)16(19)21-12(14)5-9;1-9(2)11(15)18-14-5-10-3-12(16,7-14)6-13(17,4-10)8-14;1-9(2)12(15)17-14-6-10-3-11(7-14)5-13(16,4-10)8-14;1-4-11(7-5-6-8-11)13-10(12)9(2)3;1-4(2)6(11)12-5(3)7(8,9)10/h11-15H,1,5-9H2,2-4H3;9-12,14H,1,3-7H2,2H3;10,16-17H,1,3-8H2,2H3;10-11,16H,1,3-8H2,2H3;2,4-8H2,1,3H3;5H,1H2,2-3H3. The van der Waals surface area contributed by atoms with Gasteiger partial charge >= 0.3 is 53.9 Å². The van der Waals surface area contributed by atoms with Gasteiger partial charge in [-0.25, -0.2) is 33.6 Å². The van der Waals surface area contributed by atoms with Gasteiger partial charge in [0.15, 0.2) is 12.7 Å². The number of carbonyl (C=O) groups is 8. The molecule has 22 heteroatoms. The molecule has 0 aromatic carbocycles. The first-order valence-corrected chi connectivity index (χ1v) is 36.7. The van der Waals surface area contributed by atoms with Crippen molar-refractivity contribution in [1.82, 2.24) is 0 Å². The van der Waals surface area contributed by atoms with E-state index in [1.54, 1.807) is 27.7 Å². The lowest BCUT2D eigenvalue weighted by Gasteiger charge is -2.62. The number of hydrogen-bond acceptors (Lipinski definition) is 19. The first-order valence-electron chi connectivity index (χ1n) is 36.7. The predicted molar refractivity (Wildman–Crippen MR) is 367 cm³/mol. The van der Waals surface area contributed by atoms with E-state index in [1.807, 2.05) is 0 Å². The molecular formula is C79H113F3O19. The number of hydrogen-bond donors (Lipinski definition) is 3. The summed E-state index contributed by atoms with van der Waals surface area (Å²) in [5.41, 5.74) is -1.70. The number of ether oxygens (including phenoxy) is 8. The summed E-state index contributed by atoms with van der Waals surface area (Å²) in [5, 5.41) is 31.5. The summed E-state index contributed by atoms with van der Waals surface area (Å²) in [5.74, 6) is 1.78. The normalized spacial score (nSPS) is 36.8. The van der Waals surface area contributed by atoms with Crippen LogP contribution in [-0.4, -0.2) is 133 Å². The summed E-state index contributed by atoms with van der Waals surface area (Å²) in [7, 11) is 0. The Labute approximate surface area is 594 Å². The number of carbonyl (C=O) groups excluding carboxylic acids is 8. The lowest BCUT2D eigenvalue weighted by Crippen LogP contribution is -2.66. The molecule has 10 unspecified atom stereocenters. The Morgan fingerprint density at radius 2 is 0.950 bits per heavy atom. The Bertz CT molecular complexity index is 3160. The van der Waals surface area contributed by atoms with Gasteiger partial charge in [0.1, 0.15) is 34.6 Å². The number of halogens is 3. The van der Waals surface area contributed by atoms with Crippen LogP contribution in [0.2, 0.25) is 0 Å². The maximum absolute atomic E-state index is 12.1. The van der Waals surface area contributed by atoms with Gasteiger partial charge in [-0.2, -0.15) is 13.2 Å². The molecule has 0 radical (unpaired) electrons. The van der Waals surface area contributed by atoms with Gasteiger partial charge in [0.2, 0.25) is 0 Å². The molecule has 15 aliphatic carbocycles. The van der Waals surface area contributed by atoms with Crippen LogP contribution in [-0.2, 0) is 76.3 Å². The Morgan fingerprint density at radius 1 is 0.515 bits per heavy atom. The zero-order valence-corrected chi connectivity index (χ0v) is 61.4. The lowest BCUT2D eigenvalue weighted by molar-refractivity contribution is -0.260. The van der Waals surface area contributed by atoms with Crippen LogP contribution in [0.3, 0.4) is 0 Å². The Morgan fingerprint density at radius 3 is 1.41 bits per heavy atom. The average molecular weight is 1420 g/mol. The van der Waals surface area contributed by atoms with Crippen LogP contribution < -0.4 is 0 Å². The minimum Gasteiger partial charge on any atom is -0.458 e. The largest absolute Gasteiger partial charge is 0.458 e. The fourth-order valence-corrected chi connectivity index (χ4v) is 20.6. The van der Waals surface area contributed by atoms with E-state index in [1.165, 1.54) is 65.2 Å². The van der Waals surface area contributed by atoms with Crippen molar-refractivity contribution in [3.05, 3.63) is 72.9 Å². The maximum Gasteiger partial charge on any atom is 0.425 e. The molecule has 17 rings (SSSR count). The fourth-order valence-electron chi connectivity index (χ4n) is 20.6. The second-order valence-corrected chi connectivity index (χ2v) is 33.7. The number of rotatable bonds is 16. The molecule has 0 aromatic rings. The van der Waals surface area contributed by atoms with E-state index in [0.29, 0.717) is 83.5 Å². The molecular weight excluding hydrogens is 1310 g/mol. The molecule has 17 aliphatic rings. The second kappa shape index (κ2) is 31.3. The summed E-state index contributed by atoms with van der Waals surface area (Å²) in [6.45, 7) is 37.6. The Balaban J connectivity index is 0.000000156. The van der Waals surface area contributed by atoms with Crippen molar-refractivity contribution in [2.45, 2.75) is 300 Å². The van der Waals surface area contributed by atoms with Crippen LogP contribution in [0.15, 0.2) is 72.9 Å². The monoisotopic (exact) mass is 1420 g/mol. The molecule has 17 fully saturated rings. The SMILES string of the molecule is C=C(C)C(=O)OC(C)C(F)(F)F.C=C(C)C(=O)OC1(C(C)C)C2CC3CC(C2)CC1C3.C=C(C)C(=O)OC1(CC)CCCC1.C=C(C)C(=O)OC12CC3CC(CC(O)(C3)C1)C2.C=C(C)C(=O)OC12CC3CC(O)(CC(O)(C3)C1)C2.C=C(C)C(=O)OCC(=O)OC1C2CC3CC(C2)C(=O)OC1C3. The van der Waals surface area contributed by atoms with Crippen LogP contribution in [0, 0.1) is 65.1 Å². The molecule has 101 heavy (non-hydrogen) atoms. The molecule has 2 heterocycles. The molecule has 0 aromatic heterocycles. The summed E-state index contributed by atoms with van der Waals surface area (Å²) >= 11 is 0. The van der Waals surface area contributed by atoms with Crippen molar-refractivity contribution in [3.63, 3.8) is 0 Å². The van der Waals surface area contributed by atoms with Crippen LogP contribution in [0.25, 0.3) is 0 Å². The predicted octanol–water partition coefficient (Wildman–Crippen LogP) is 13.7. The van der Waals surface area contributed by atoms with E-state index < -0.39 is 76.9 Å². The van der Waals surface area contributed by atoms with E-state index in [4.69, 9.17) is 33.2 Å². The quantitative estimate of drug-likeness (QED) is 0.0736. The van der Waals surface area contributed by atoms with Gasteiger partial charge in [-0.3, -0.25) is 4.79 Å². The third-order valence-electron chi connectivity index (χ3n) is 23.9. The smallest absolute Gasteiger partial charge is 0.425 e. The van der Waals surface area contributed by atoms with Crippen LogP contribution in [0.5, 0.6) is 0 Å².